The van der Waals surface area contributed by atoms with Crippen LogP contribution in [0.3, 0.4) is 0 Å². The molecule has 0 radical (unpaired) electrons. The lowest BCUT2D eigenvalue weighted by atomic mass is 10.2. The molecule has 20 heavy (non-hydrogen) atoms. The van der Waals surface area contributed by atoms with E-state index in [0.29, 0.717) is 13.1 Å². The lowest BCUT2D eigenvalue weighted by Crippen LogP contribution is -2.49. The summed E-state index contributed by atoms with van der Waals surface area (Å²) in [5, 5.41) is 2.81. The van der Waals surface area contributed by atoms with Crippen molar-refractivity contribution in [1.29, 1.82) is 0 Å². The largest absolute Gasteiger partial charge is 0.355 e. The van der Waals surface area contributed by atoms with Crippen LogP contribution in [-0.4, -0.2) is 55.0 Å². The van der Waals surface area contributed by atoms with Crippen LogP contribution in [0.2, 0.25) is 0 Å². The number of benzene rings is 1. The predicted molar refractivity (Wildman–Crippen MR) is 76.8 cm³/mol. The average Bonchev–Trinajstić information content (AvgIpc) is 2.41. The predicted octanol–water partition coefficient (Wildman–Crippen LogP) is 1.08. The molecule has 1 aromatic rings. The van der Waals surface area contributed by atoms with Crippen LogP contribution in [0.5, 0.6) is 0 Å². The molecule has 0 unspecified atom stereocenters. The Hall–Kier alpha value is -1.46. The first kappa shape index (κ1) is 14.9. The highest BCUT2D eigenvalue weighted by Gasteiger charge is 2.18. The van der Waals surface area contributed by atoms with Gasteiger partial charge in [-0.2, -0.15) is 0 Å². The molecule has 1 N–H and O–H groups in total. The number of halogens is 1. The summed E-state index contributed by atoms with van der Waals surface area (Å²) < 4.78 is 13.1. The number of piperazine rings is 1. The van der Waals surface area contributed by atoms with Crippen molar-refractivity contribution in [3.63, 3.8) is 0 Å². The lowest BCUT2D eigenvalue weighted by molar-refractivity contribution is -0.122. The van der Waals surface area contributed by atoms with Crippen molar-refractivity contribution < 1.29 is 9.18 Å². The summed E-state index contributed by atoms with van der Waals surface area (Å²) in [5.41, 5.74) is 1.00. The molecule has 1 saturated heterocycles. The van der Waals surface area contributed by atoms with Crippen LogP contribution in [0.25, 0.3) is 0 Å². The van der Waals surface area contributed by atoms with Gasteiger partial charge in [0.05, 0.1) is 6.54 Å². The Balaban J connectivity index is 1.75. The molecule has 5 heteroatoms. The van der Waals surface area contributed by atoms with Crippen molar-refractivity contribution in [2.24, 2.45) is 0 Å². The Bertz CT molecular complexity index is 444. The maximum Gasteiger partial charge on any atom is 0.234 e. The highest BCUT2D eigenvalue weighted by atomic mass is 19.1. The molecular weight excluding hydrogens is 257 g/mol. The first-order chi connectivity index (χ1) is 9.67. The van der Waals surface area contributed by atoms with Gasteiger partial charge in [-0.25, -0.2) is 4.39 Å². The van der Waals surface area contributed by atoms with Crippen LogP contribution in [0.1, 0.15) is 12.5 Å². The van der Waals surface area contributed by atoms with Gasteiger partial charge in [-0.15, -0.1) is 0 Å². The summed E-state index contributed by atoms with van der Waals surface area (Å²) >= 11 is 0. The van der Waals surface area contributed by atoms with Gasteiger partial charge in [0.25, 0.3) is 0 Å². The molecule has 1 amide bonds. The van der Waals surface area contributed by atoms with Crippen molar-refractivity contribution in [2.45, 2.75) is 13.5 Å². The van der Waals surface area contributed by atoms with E-state index in [0.717, 1.165) is 38.3 Å². The Morgan fingerprint density at radius 3 is 2.60 bits per heavy atom. The second kappa shape index (κ2) is 7.36. The number of hydrogen-bond acceptors (Lipinski definition) is 3. The molecular formula is C15H22FN3O. The normalized spacial score (nSPS) is 17.1. The third-order valence-electron chi connectivity index (χ3n) is 3.50. The Morgan fingerprint density at radius 1 is 1.25 bits per heavy atom. The summed E-state index contributed by atoms with van der Waals surface area (Å²) in [5.74, 6) is -0.0940. The summed E-state index contributed by atoms with van der Waals surface area (Å²) in [6.07, 6.45) is 0. The first-order valence-corrected chi connectivity index (χ1v) is 7.13. The summed E-state index contributed by atoms with van der Waals surface area (Å²) in [6, 6.07) is 6.75. The lowest BCUT2D eigenvalue weighted by Gasteiger charge is -2.34. The van der Waals surface area contributed by atoms with Gasteiger partial charge >= 0.3 is 0 Å². The molecule has 0 saturated carbocycles. The highest BCUT2D eigenvalue weighted by Crippen LogP contribution is 2.09. The van der Waals surface area contributed by atoms with Gasteiger partial charge in [0.15, 0.2) is 0 Å². The number of amides is 1. The average molecular weight is 279 g/mol. The fourth-order valence-corrected chi connectivity index (χ4v) is 2.46. The van der Waals surface area contributed by atoms with Crippen molar-refractivity contribution >= 4 is 5.91 Å². The summed E-state index contributed by atoms with van der Waals surface area (Å²) in [6.45, 7) is 7.44. The molecule has 0 aliphatic carbocycles. The van der Waals surface area contributed by atoms with Crippen molar-refractivity contribution in [2.75, 3.05) is 39.3 Å². The van der Waals surface area contributed by atoms with Crippen LogP contribution in [0.15, 0.2) is 24.3 Å². The standard InChI is InChI=1S/C15H22FN3O/c1-2-17-15(20)12-19-8-6-18(7-9-19)11-13-4-3-5-14(16)10-13/h3-5,10H,2,6-9,11-12H2,1H3,(H,17,20). The number of carbonyl (C=O) groups is 1. The third kappa shape index (κ3) is 4.58. The minimum atomic E-state index is -0.183. The van der Waals surface area contributed by atoms with Gasteiger partial charge in [-0.05, 0) is 24.6 Å². The quantitative estimate of drug-likeness (QED) is 0.876. The molecule has 0 spiro atoms. The van der Waals surface area contributed by atoms with Crippen LogP contribution >= 0.6 is 0 Å². The fraction of sp³-hybridized carbons (Fsp3) is 0.533. The van der Waals surface area contributed by atoms with E-state index < -0.39 is 0 Å². The molecule has 1 aromatic carbocycles. The molecule has 0 bridgehead atoms. The van der Waals surface area contributed by atoms with Crippen molar-refractivity contribution in [3.8, 4) is 0 Å². The zero-order valence-electron chi connectivity index (χ0n) is 11.9. The SMILES string of the molecule is CCNC(=O)CN1CCN(Cc2cccc(F)c2)CC1. The van der Waals surface area contributed by atoms with E-state index >= 15 is 0 Å². The number of nitrogens with one attached hydrogen (secondary N) is 1. The number of nitrogens with zero attached hydrogens (tertiary/aromatic N) is 2. The number of rotatable bonds is 5. The minimum Gasteiger partial charge on any atom is -0.355 e. The Labute approximate surface area is 119 Å². The van der Waals surface area contributed by atoms with Crippen LogP contribution in [0, 0.1) is 5.82 Å². The molecule has 1 heterocycles. The second-order valence-corrected chi connectivity index (χ2v) is 5.14. The third-order valence-corrected chi connectivity index (χ3v) is 3.50. The van der Waals surface area contributed by atoms with E-state index in [-0.39, 0.29) is 11.7 Å². The molecule has 1 aliphatic heterocycles. The van der Waals surface area contributed by atoms with Gasteiger partial charge in [-0.1, -0.05) is 12.1 Å². The Morgan fingerprint density at radius 2 is 1.95 bits per heavy atom. The second-order valence-electron chi connectivity index (χ2n) is 5.14. The van der Waals surface area contributed by atoms with Crippen LogP contribution in [-0.2, 0) is 11.3 Å². The smallest absolute Gasteiger partial charge is 0.234 e. The van der Waals surface area contributed by atoms with Gasteiger partial charge in [0.1, 0.15) is 5.82 Å². The van der Waals surface area contributed by atoms with E-state index in [1.807, 2.05) is 13.0 Å². The zero-order chi connectivity index (χ0) is 14.4. The highest BCUT2D eigenvalue weighted by molar-refractivity contribution is 5.77. The van der Waals surface area contributed by atoms with Gasteiger partial charge in [-0.3, -0.25) is 14.6 Å². The van der Waals surface area contributed by atoms with E-state index in [1.165, 1.54) is 6.07 Å². The maximum atomic E-state index is 13.1. The van der Waals surface area contributed by atoms with Gasteiger partial charge in [0.2, 0.25) is 5.91 Å². The number of likely N-dealkylation sites (N-methyl/N-ethyl adjacent to an activating group) is 1. The van der Waals surface area contributed by atoms with Crippen molar-refractivity contribution in [1.82, 2.24) is 15.1 Å². The zero-order valence-corrected chi connectivity index (χ0v) is 11.9. The first-order valence-electron chi connectivity index (χ1n) is 7.13. The Kier molecular flexibility index (Phi) is 5.49. The van der Waals surface area contributed by atoms with E-state index in [1.54, 1.807) is 12.1 Å². The molecule has 1 aliphatic rings. The molecule has 4 nitrogen and oxygen atoms in total. The van der Waals surface area contributed by atoms with Crippen LogP contribution in [0.4, 0.5) is 4.39 Å². The maximum absolute atomic E-state index is 13.1. The molecule has 1 fully saturated rings. The fourth-order valence-electron chi connectivity index (χ4n) is 2.46. The van der Waals surface area contributed by atoms with Gasteiger partial charge in [0, 0.05) is 39.3 Å². The topological polar surface area (TPSA) is 35.6 Å². The number of carbonyl (C=O) groups excluding carboxylic acids is 1. The summed E-state index contributed by atoms with van der Waals surface area (Å²) in [4.78, 5) is 16.0. The van der Waals surface area contributed by atoms with Crippen LogP contribution < -0.4 is 5.32 Å². The van der Waals surface area contributed by atoms with Crippen molar-refractivity contribution in [3.05, 3.63) is 35.6 Å². The minimum absolute atomic E-state index is 0.0890. The molecule has 2 rings (SSSR count). The van der Waals surface area contributed by atoms with E-state index in [4.69, 9.17) is 0 Å². The monoisotopic (exact) mass is 279 g/mol. The number of hydrogen-bond donors (Lipinski definition) is 1. The molecule has 0 atom stereocenters. The van der Waals surface area contributed by atoms with E-state index in [9.17, 15) is 9.18 Å². The summed E-state index contributed by atoms with van der Waals surface area (Å²) in [7, 11) is 0. The molecule has 110 valence electrons. The van der Waals surface area contributed by atoms with E-state index in [2.05, 4.69) is 15.1 Å². The van der Waals surface area contributed by atoms with Gasteiger partial charge < -0.3 is 5.32 Å². The molecule has 0 aromatic heterocycles.